The van der Waals surface area contributed by atoms with Crippen LogP contribution in [0.5, 0.6) is 0 Å². The van der Waals surface area contributed by atoms with Crippen molar-refractivity contribution in [3.8, 4) is 11.3 Å². The molecule has 0 aliphatic carbocycles. The number of aromatic nitrogens is 4. The number of hydrogen-bond donors (Lipinski definition) is 0. The number of nitrogens with zero attached hydrogens (tertiary/aromatic N) is 6. The first kappa shape index (κ1) is 24.0. The van der Waals surface area contributed by atoms with Gasteiger partial charge in [0.2, 0.25) is 16.0 Å². The molecule has 182 valence electrons. The van der Waals surface area contributed by atoms with Crippen molar-refractivity contribution in [2.24, 2.45) is 0 Å². The van der Waals surface area contributed by atoms with Crippen molar-refractivity contribution in [2.45, 2.75) is 24.7 Å². The van der Waals surface area contributed by atoms with Crippen LogP contribution in [0.2, 0.25) is 10.0 Å². The number of benzene rings is 2. The molecule has 4 aromatic rings. The van der Waals surface area contributed by atoms with Crippen molar-refractivity contribution in [3.05, 3.63) is 70.3 Å². The highest BCUT2D eigenvalue weighted by Gasteiger charge is 2.30. The van der Waals surface area contributed by atoms with E-state index >= 15 is 0 Å². The molecule has 2 aromatic carbocycles. The van der Waals surface area contributed by atoms with Crippen LogP contribution in [0.1, 0.15) is 25.3 Å². The lowest BCUT2D eigenvalue weighted by Crippen LogP contribution is -2.49. The second-order valence-electron chi connectivity index (χ2n) is 8.69. The molecule has 0 spiro atoms. The number of anilines is 1. The Balaban J connectivity index is 1.36. The Bertz CT molecular complexity index is 1480. The van der Waals surface area contributed by atoms with Gasteiger partial charge in [-0.1, -0.05) is 49.2 Å². The molecule has 0 bridgehead atoms. The molecule has 11 heteroatoms. The van der Waals surface area contributed by atoms with E-state index in [0.29, 0.717) is 64.5 Å². The zero-order chi connectivity index (χ0) is 24.7. The summed E-state index contributed by atoms with van der Waals surface area (Å²) in [5.74, 6) is 1.26. The summed E-state index contributed by atoms with van der Waals surface area (Å²) in [6, 6.07) is 14.2. The number of rotatable bonds is 5. The molecule has 5 rings (SSSR count). The Labute approximate surface area is 214 Å². The van der Waals surface area contributed by atoms with Gasteiger partial charge < -0.3 is 4.90 Å². The van der Waals surface area contributed by atoms with Crippen LogP contribution in [0.25, 0.3) is 17.0 Å². The molecule has 1 aliphatic rings. The largest absolute Gasteiger partial charge is 0.337 e. The molecule has 0 amide bonds. The first-order chi connectivity index (χ1) is 16.7. The van der Waals surface area contributed by atoms with E-state index in [9.17, 15) is 8.42 Å². The van der Waals surface area contributed by atoms with E-state index in [0.717, 1.165) is 11.1 Å². The van der Waals surface area contributed by atoms with E-state index in [1.165, 1.54) is 4.31 Å². The summed E-state index contributed by atoms with van der Waals surface area (Å²) >= 11 is 12.6. The van der Waals surface area contributed by atoms with Crippen molar-refractivity contribution < 1.29 is 8.42 Å². The highest BCUT2D eigenvalue weighted by molar-refractivity contribution is 7.89. The van der Waals surface area contributed by atoms with Crippen molar-refractivity contribution in [1.29, 1.82) is 0 Å². The van der Waals surface area contributed by atoms with Crippen LogP contribution in [0.4, 0.5) is 5.95 Å². The third-order valence-corrected chi connectivity index (χ3v) is 8.62. The molecule has 0 saturated carbocycles. The SMILES string of the molecule is CC(C)c1ccc(S(=O)(=O)N2CCN(c3nc4nccc(-c5cc(Cl)ccc5Cl)n4n3)CC2)cc1. The van der Waals surface area contributed by atoms with Gasteiger partial charge in [0.05, 0.1) is 15.6 Å². The average molecular weight is 531 g/mol. The summed E-state index contributed by atoms with van der Waals surface area (Å²) in [4.78, 5) is 11.2. The number of fused-ring (bicyclic) bond motifs is 1. The fourth-order valence-electron chi connectivity index (χ4n) is 4.12. The molecule has 0 unspecified atom stereocenters. The van der Waals surface area contributed by atoms with Crippen LogP contribution in [0.15, 0.2) is 59.6 Å². The molecular formula is C24H24Cl2N6O2S. The average Bonchev–Trinajstić information content (AvgIpc) is 3.30. The van der Waals surface area contributed by atoms with Crippen molar-refractivity contribution in [2.75, 3.05) is 31.1 Å². The maximum absolute atomic E-state index is 13.2. The standard InChI is InChI=1S/C24H24Cl2N6O2S/c1-16(2)17-3-6-19(7-4-17)35(33,34)31-13-11-30(12-14-31)24-28-23-27-10-9-22(32(23)29-24)20-15-18(25)5-8-21(20)26/h3-10,15-16H,11-14H2,1-2H3. The fourth-order valence-corrected chi connectivity index (χ4v) is 5.93. The summed E-state index contributed by atoms with van der Waals surface area (Å²) in [6.07, 6.45) is 1.65. The molecule has 0 N–H and O–H groups in total. The highest BCUT2D eigenvalue weighted by Crippen LogP contribution is 2.31. The zero-order valence-electron chi connectivity index (χ0n) is 19.3. The minimum atomic E-state index is -3.57. The molecule has 35 heavy (non-hydrogen) atoms. The van der Waals surface area contributed by atoms with Crippen LogP contribution in [-0.2, 0) is 10.0 Å². The molecular weight excluding hydrogens is 507 g/mol. The monoisotopic (exact) mass is 530 g/mol. The Kier molecular flexibility index (Phi) is 6.43. The minimum Gasteiger partial charge on any atom is -0.337 e. The van der Waals surface area contributed by atoms with Gasteiger partial charge in [-0.25, -0.2) is 13.4 Å². The third-order valence-electron chi connectivity index (χ3n) is 6.14. The van der Waals surface area contributed by atoms with Crippen LogP contribution >= 0.6 is 23.2 Å². The lowest BCUT2D eigenvalue weighted by molar-refractivity contribution is 0.382. The molecule has 0 radical (unpaired) electrons. The fraction of sp³-hybridized carbons (Fsp3) is 0.292. The summed E-state index contributed by atoms with van der Waals surface area (Å²) in [5, 5.41) is 5.76. The van der Waals surface area contributed by atoms with Crippen molar-refractivity contribution in [1.82, 2.24) is 23.9 Å². The second-order valence-corrected chi connectivity index (χ2v) is 11.5. The van der Waals surface area contributed by atoms with Gasteiger partial charge in [-0.3, -0.25) is 0 Å². The Morgan fingerprint density at radius 3 is 2.34 bits per heavy atom. The van der Waals surface area contributed by atoms with Crippen LogP contribution in [-0.4, -0.2) is 58.5 Å². The molecule has 8 nitrogen and oxygen atoms in total. The molecule has 1 saturated heterocycles. The maximum atomic E-state index is 13.2. The van der Waals surface area contributed by atoms with E-state index in [-0.39, 0.29) is 0 Å². The Morgan fingerprint density at radius 2 is 1.66 bits per heavy atom. The van der Waals surface area contributed by atoms with Crippen LogP contribution in [0, 0.1) is 0 Å². The number of hydrogen-bond acceptors (Lipinski definition) is 6. The van der Waals surface area contributed by atoms with Gasteiger partial charge in [-0.2, -0.15) is 13.8 Å². The van der Waals surface area contributed by atoms with E-state index in [4.69, 9.17) is 23.2 Å². The molecule has 3 heterocycles. The summed E-state index contributed by atoms with van der Waals surface area (Å²) < 4.78 is 29.4. The van der Waals surface area contributed by atoms with Gasteiger partial charge in [0.15, 0.2) is 0 Å². The summed E-state index contributed by atoms with van der Waals surface area (Å²) in [7, 11) is -3.57. The first-order valence-electron chi connectivity index (χ1n) is 11.3. The van der Waals surface area contributed by atoms with Gasteiger partial charge in [-0.05, 0) is 47.9 Å². The quantitative estimate of drug-likeness (QED) is 0.370. The zero-order valence-corrected chi connectivity index (χ0v) is 21.6. The third kappa shape index (κ3) is 4.61. The Morgan fingerprint density at radius 1 is 0.943 bits per heavy atom. The number of piperazine rings is 1. The molecule has 0 atom stereocenters. The van der Waals surface area contributed by atoms with Crippen LogP contribution < -0.4 is 4.90 Å². The van der Waals surface area contributed by atoms with Gasteiger partial charge in [0.1, 0.15) is 0 Å². The summed E-state index contributed by atoms with van der Waals surface area (Å²) in [5.41, 5.74) is 2.55. The van der Waals surface area contributed by atoms with Crippen molar-refractivity contribution >= 4 is 45.0 Å². The smallest absolute Gasteiger partial charge is 0.254 e. The van der Waals surface area contributed by atoms with Crippen LogP contribution in [0.3, 0.4) is 0 Å². The lowest BCUT2D eigenvalue weighted by atomic mass is 10.0. The van der Waals surface area contributed by atoms with Gasteiger partial charge in [0.25, 0.3) is 5.78 Å². The second kappa shape index (κ2) is 9.39. The lowest BCUT2D eigenvalue weighted by Gasteiger charge is -2.33. The summed E-state index contributed by atoms with van der Waals surface area (Å²) in [6.45, 7) is 5.77. The molecule has 1 aliphatic heterocycles. The number of sulfonamides is 1. The van der Waals surface area contributed by atoms with E-state index < -0.39 is 10.0 Å². The predicted octanol–water partition coefficient (Wildman–Crippen LogP) is 4.73. The maximum Gasteiger partial charge on any atom is 0.254 e. The van der Waals surface area contributed by atoms with Gasteiger partial charge in [0, 0.05) is 43.0 Å². The van der Waals surface area contributed by atoms with E-state index in [2.05, 4.69) is 28.9 Å². The first-order valence-corrected chi connectivity index (χ1v) is 13.5. The normalized spacial score (nSPS) is 15.3. The van der Waals surface area contributed by atoms with E-state index in [1.54, 1.807) is 47.1 Å². The van der Waals surface area contributed by atoms with Gasteiger partial charge >= 0.3 is 0 Å². The predicted molar refractivity (Wildman–Crippen MR) is 138 cm³/mol. The van der Waals surface area contributed by atoms with Crippen molar-refractivity contribution in [3.63, 3.8) is 0 Å². The number of halogens is 2. The Hall–Kier alpha value is -2.72. The highest BCUT2D eigenvalue weighted by atomic mass is 35.5. The topological polar surface area (TPSA) is 83.7 Å². The molecule has 2 aromatic heterocycles. The molecule has 1 fully saturated rings. The minimum absolute atomic E-state index is 0.313. The van der Waals surface area contributed by atoms with E-state index in [1.807, 2.05) is 17.0 Å². The van der Waals surface area contributed by atoms with Gasteiger partial charge in [-0.15, -0.1) is 5.10 Å².